The molecule has 0 saturated carbocycles. The highest BCUT2D eigenvalue weighted by molar-refractivity contribution is 7.10. The maximum absolute atomic E-state index is 10.2. The summed E-state index contributed by atoms with van der Waals surface area (Å²) < 4.78 is 0. The third-order valence-electron chi connectivity index (χ3n) is 2.39. The van der Waals surface area contributed by atoms with Crippen LogP contribution in [-0.4, -0.2) is 10.1 Å². The van der Waals surface area contributed by atoms with Crippen molar-refractivity contribution in [3.63, 3.8) is 0 Å². The Hall–Kier alpha value is -1.19. The van der Waals surface area contributed by atoms with Gasteiger partial charge in [-0.2, -0.15) is 0 Å². The lowest BCUT2D eigenvalue weighted by Gasteiger charge is -2.10. The Morgan fingerprint density at radius 1 is 1.33 bits per heavy atom. The maximum atomic E-state index is 10.2. The first-order valence-electron chi connectivity index (χ1n) is 4.83. The molecule has 2 rings (SSSR count). The molecule has 0 fully saturated rings. The van der Waals surface area contributed by atoms with Crippen LogP contribution in [0.4, 0.5) is 0 Å². The zero-order valence-corrected chi connectivity index (χ0v) is 9.58. The fourth-order valence-corrected chi connectivity index (χ4v) is 2.49. The van der Waals surface area contributed by atoms with Gasteiger partial charge in [0.25, 0.3) is 0 Å². The van der Waals surface area contributed by atoms with E-state index in [9.17, 15) is 5.11 Å². The highest BCUT2D eigenvalue weighted by Crippen LogP contribution is 2.28. The normalized spacial score (nSPS) is 12.7. The van der Waals surface area contributed by atoms with E-state index in [2.05, 4.69) is 4.98 Å². The fraction of sp³-hybridized carbons (Fsp3) is 0.250. The number of thiophene rings is 1. The third kappa shape index (κ3) is 2.08. The standard InChI is InChI=1S/C12H13NOS/c1-8-4-6-15-12(8)11(14)10-3-5-13-9(2)7-10/h3-7,11,14H,1-2H3. The molecule has 0 bridgehead atoms. The van der Waals surface area contributed by atoms with E-state index in [-0.39, 0.29) is 0 Å². The predicted octanol–water partition coefficient (Wildman–Crippen LogP) is 2.84. The summed E-state index contributed by atoms with van der Waals surface area (Å²) in [5, 5.41) is 12.2. The number of aromatic nitrogens is 1. The molecule has 2 heterocycles. The number of aryl methyl sites for hydroxylation is 2. The van der Waals surface area contributed by atoms with E-state index in [1.54, 1.807) is 17.5 Å². The molecule has 2 aromatic heterocycles. The monoisotopic (exact) mass is 219 g/mol. The van der Waals surface area contributed by atoms with Gasteiger partial charge >= 0.3 is 0 Å². The van der Waals surface area contributed by atoms with E-state index in [0.717, 1.165) is 21.7 Å². The van der Waals surface area contributed by atoms with Gasteiger partial charge in [-0.05, 0) is 48.6 Å². The Morgan fingerprint density at radius 2 is 2.13 bits per heavy atom. The lowest BCUT2D eigenvalue weighted by atomic mass is 10.1. The average Bonchev–Trinajstić information content (AvgIpc) is 2.63. The van der Waals surface area contributed by atoms with Gasteiger partial charge < -0.3 is 5.11 Å². The molecule has 2 aromatic rings. The molecule has 0 radical (unpaired) electrons. The van der Waals surface area contributed by atoms with Crippen molar-refractivity contribution in [3.05, 3.63) is 51.5 Å². The van der Waals surface area contributed by atoms with E-state index < -0.39 is 6.10 Å². The van der Waals surface area contributed by atoms with Gasteiger partial charge in [0.2, 0.25) is 0 Å². The molecule has 0 spiro atoms. The Kier molecular flexibility index (Phi) is 2.84. The van der Waals surface area contributed by atoms with Gasteiger partial charge in [0, 0.05) is 16.8 Å². The Morgan fingerprint density at radius 3 is 2.73 bits per heavy atom. The minimum Gasteiger partial charge on any atom is -0.383 e. The minimum absolute atomic E-state index is 0.522. The summed E-state index contributed by atoms with van der Waals surface area (Å²) in [7, 11) is 0. The van der Waals surface area contributed by atoms with Crippen LogP contribution in [0.25, 0.3) is 0 Å². The first-order chi connectivity index (χ1) is 7.18. The van der Waals surface area contributed by atoms with Crippen molar-refractivity contribution in [1.29, 1.82) is 0 Å². The molecular formula is C12H13NOS. The van der Waals surface area contributed by atoms with E-state index >= 15 is 0 Å². The van der Waals surface area contributed by atoms with Crippen molar-refractivity contribution in [1.82, 2.24) is 4.98 Å². The fourth-order valence-electron chi connectivity index (χ4n) is 1.55. The van der Waals surface area contributed by atoms with Crippen LogP contribution in [0.2, 0.25) is 0 Å². The van der Waals surface area contributed by atoms with Gasteiger partial charge in [-0.3, -0.25) is 4.98 Å². The number of hydrogen-bond acceptors (Lipinski definition) is 3. The molecule has 3 heteroatoms. The van der Waals surface area contributed by atoms with Crippen molar-refractivity contribution < 1.29 is 5.11 Å². The van der Waals surface area contributed by atoms with Crippen LogP contribution in [0.5, 0.6) is 0 Å². The van der Waals surface area contributed by atoms with Gasteiger partial charge in [0.1, 0.15) is 6.10 Å². The van der Waals surface area contributed by atoms with Gasteiger partial charge in [-0.15, -0.1) is 11.3 Å². The molecular weight excluding hydrogens is 206 g/mol. The highest BCUT2D eigenvalue weighted by atomic mass is 32.1. The summed E-state index contributed by atoms with van der Waals surface area (Å²) in [4.78, 5) is 5.13. The van der Waals surface area contributed by atoms with Crippen molar-refractivity contribution in [2.75, 3.05) is 0 Å². The molecule has 0 aliphatic carbocycles. The summed E-state index contributed by atoms with van der Waals surface area (Å²) in [6.07, 6.45) is 1.21. The van der Waals surface area contributed by atoms with Crippen LogP contribution >= 0.6 is 11.3 Å². The van der Waals surface area contributed by atoms with Gasteiger partial charge in [0.15, 0.2) is 0 Å². The first-order valence-corrected chi connectivity index (χ1v) is 5.71. The molecule has 2 nitrogen and oxygen atoms in total. The number of pyridine rings is 1. The topological polar surface area (TPSA) is 33.1 Å². The van der Waals surface area contributed by atoms with E-state index in [4.69, 9.17) is 0 Å². The maximum Gasteiger partial charge on any atom is 0.114 e. The third-order valence-corrected chi connectivity index (χ3v) is 3.46. The lowest BCUT2D eigenvalue weighted by molar-refractivity contribution is 0.223. The van der Waals surface area contributed by atoms with Crippen LogP contribution in [0.15, 0.2) is 29.8 Å². The largest absolute Gasteiger partial charge is 0.383 e. The molecule has 0 aliphatic heterocycles. The van der Waals surface area contributed by atoms with Crippen molar-refractivity contribution in [2.45, 2.75) is 20.0 Å². The first kappa shape index (κ1) is 10.3. The number of nitrogens with zero attached hydrogens (tertiary/aromatic N) is 1. The van der Waals surface area contributed by atoms with Gasteiger partial charge in [-0.25, -0.2) is 0 Å². The highest BCUT2D eigenvalue weighted by Gasteiger charge is 2.14. The van der Waals surface area contributed by atoms with E-state index in [1.807, 2.05) is 37.4 Å². The Labute approximate surface area is 93.2 Å². The second-order valence-electron chi connectivity index (χ2n) is 3.60. The molecule has 0 saturated heterocycles. The number of aliphatic hydroxyl groups is 1. The summed E-state index contributed by atoms with van der Waals surface area (Å²) >= 11 is 1.59. The van der Waals surface area contributed by atoms with Crippen LogP contribution < -0.4 is 0 Å². The Bertz CT molecular complexity index is 464. The number of aliphatic hydroxyl groups excluding tert-OH is 1. The van der Waals surface area contributed by atoms with Crippen molar-refractivity contribution in [3.8, 4) is 0 Å². The van der Waals surface area contributed by atoms with Gasteiger partial charge in [0.05, 0.1) is 0 Å². The van der Waals surface area contributed by atoms with Crippen molar-refractivity contribution in [2.24, 2.45) is 0 Å². The lowest BCUT2D eigenvalue weighted by Crippen LogP contribution is -1.99. The van der Waals surface area contributed by atoms with Gasteiger partial charge in [-0.1, -0.05) is 0 Å². The zero-order valence-electron chi connectivity index (χ0n) is 8.77. The average molecular weight is 219 g/mol. The summed E-state index contributed by atoms with van der Waals surface area (Å²) in [6.45, 7) is 3.95. The molecule has 1 N–H and O–H groups in total. The minimum atomic E-state index is -0.522. The summed E-state index contributed by atoms with van der Waals surface area (Å²) in [6, 6.07) is 5.80. The van der Waals surface area contributed by atoms with Crippen LogP contribution in [0.1, 0.15) is 27.8 Å². The number of hydrogen-bond donors (Lipinski definition) is 1. The van der Waals surface area contributed by atoms with E-state index in [1.165, 1.54) is 0 Å². The number of rotatable bonds is 2. The molecule has 78 valence electrons. The quantitative estimate of drug-likeness (QED) is 0.842. The Balaban J connectivity index is 2.36. The summed E-state index contributed by atoms with van der Waals surface area (Å²) in [5.74, 6) is 0. The zero-order chi connectivity index (χ0) is 10.8. The van der Waals surface area contributed by atoms with Crippen LogP contribution in [0, 0.1) is 13.8 Å². The smallest absolute Gasteiger partial charge is 0.114 e. The second kappa shape index (κ2) is 4.13. The van der Waals surface area contributed by atoms with E-state index in [0.29, 0.717) is 0 Å². The van der Waals surface area contributed by atoms with Crippen LogP contribution in [0.3, 0.4) is 0 Å². The second-order valence-corrected chi connectivity index (χ2v) is 4.55. The van der Waals surface area contributed by atoms with Crippen molar-refractivity contribution >= 4 is 11.3 Å². The SMILES string of the molecule is Cc1cc(C(O)c2sccc2C)ccn1. The molecule has 15 heavy (non-hydrogen) atoms. The molecule has 0 aromatic carbocycles. The molecule has 1 unspecified atom stereocenters. The molecule has 0 amide bonds. The predicted molar refractivity (Wildman–Crippen MR) is 62.1 cm³/mol. The van der Waals surface area contributed by atoms with Crippen LogP contribution in [-0.2, 0) is 0 Å². The molecule has 0 aliphatic rings. The summed E-state index contributed by atoms with van der Waals surface area (Å²) in [5.41, 5.74) is 2.98. The molecule has 1 atom stereocenters.